The van der Waals surface area contributed by atoms with Gasteiger partial charge in [-0.05, 0) is 45.9 Å². The monoisotopic (exact) mass is 326 g/mol. The van der Waals surface area contributed by atoms with Crippen molar-refractivity contribution in [3.05, 3.63) is 34.3 Å². The Morgan fingerprint density at radius 2 is 1.72 bits per heavy atom. The summed E-state index contributed by atoms with van der Waals surface area (Å²) < 4.78 is 7.14. The molecule has 0 saturated carbocycles. The molecular formula is C13H19BrN2OSi. The van der Waals surface area contributed by atoms with Crippen molar-refractivity contribution in [3.8, 4) is 6.07 Å². The molecule has 0 N–H and O–H groups in total. The van der Waals surface area contributed by atoms with Crippen LogP contribution in [0.5, 0.6) is 0 Å². The molecule has 1 unspecified atom stereocenters. The molecule has 0 heterocycles. The van der Waals surface area contributed by atoms with Crippen LogP contribution in [-0.2, 0) is 10.2 Å². The summed E-state index contributed by atoms with van der Waals surface area (Å²) in [4.78, 5) is 1.83. The molecule has 1 aromatic rings. The van der Waals surface area contributed by atoms with E-state index >= 15 is 0 Å². The van der Waals surface area contributed by atoms with E-state index in [1.165, 1.54) is 0 Å². The minimum absolute atomic E-state index is 0.862. The average molecular weight is 327 g/mol. The van der Waals surface area contributed by atoms with E-state index < -0.39 is 14.0 Å². The SMILES string of the molecule is CN(C)C(C#N)(O[Si](C)(C)C)c1ccc(Br)cc1. The van der Waals surface area contributed by atoms with Crippen LogP contribution in [0, 0.1) is 11.3 Å². The largest absolute Gasteiger partial charge is 0.385 e. The van der Waals surface area contributed by atoms with E-state index in [-0.39, 0.29) is 0 Å². The minimum atomic E-state index is -1.85. The fourth-order valence-corrected chi connectivity index (χ4v) is 3.21. The first kappa shape index (κ1) is 15.4. The molecule has 0 bridgehead atoms. The van der Waals surface area contributed by atoms with Gasteiger partial charge in [0.25, 0.3) is 0 Å². The Hall–Kier alpha value is -0.673. The second-order valence-electron chi connectivity index (χ2n) is 5.37. The first-order chi connectivity index (χ1) is 8.21. The number of halogens is 1. The molecule has 5 heteroatoms. The lowest BCUT2D eigenvalue weighted by molar-refractivity contribution is -0.0179. The van der Waals surface area contributed by atoms with Crippen LogP contribution >= 0.6 is 15.9 Å². The third-order valence-corrected chi connectivity index (χ3v) is 3.91. The number of nitriles is 1. The Morgan fingerprint density at radius 1 is 1.22 bits per heavy atom. The van der Waals surface area contributed by atoms with Gasteiger partial charge in [0, 0.05) is 10.0 Å². The molecule has 0 amide bonds. The van der Waals surface area contributed by atoms with Crippen LogP contribution in [0.15, 0.2) is 28.7 Å². The summed E-state index contributed by atoms with van der Waals surface area (Å²) in [5, 5.41) is 9.63. The molecule has 1 atom stereocenters. The Morgan fingerprint density at radius 3 is 2.06 bits per heavy atom. The van der Waals surface area contributed by atoms with E-state index in [1.807, 2.05) is 43.3 Å². The molecule has 18 heavy (non-hydrogen) atoms. The number of rotatable bonds is 4. The molecule has 98 valence electrons. The van der Waals surface area contributed by atoms with Gasteiger partial charge in [-0.1, -0.05) is 28.1 Å². The molecule has 3 nitrogen and oxygen atoms in total. The van der Waals surface area contributed by atoms with Crippen LogP contribution in [0.2, 0.25) is 19.6 Å². The third kappa shape index (κ3) is 3.42. The summed E-state index contributed by atoms with van der Waals surface area (Å²) in [5.41, 5.74) is -0.147. The van der Waals surface area contributed by atoms with E-state index in [9.17, 15) is 5.26 Å². The molecule has 0 fully saturated rings. The number of hydrogen-bond donors (Lipinski definition) is 0. The predicted molar refractivity (Wildman–Crippen MR) is 79.6 cm³/mol. The highest BCUT2D eigenvalue weighted by Gasteiger charge is 2.40. The summed E-state index contributed by atoms with van der Waals surface area (Å²) in [6.45, 7) is 6.25. The van der Waals surface area contributed by atoms with Gasteiger partial charge in [-0.15, -0.1) is 0 Å². The van der Waals surface area contributed by atoms with E-state index in [0.717, 1.165) is 10.0 Å². The van der Waals surface area contributed by atoms with Crippen molar-refractivity contribution in [2.24, 2.45) is 0 Å². The van der Waals surface area contributed by atoms with Crippen LogP contribution in [0.4, 0.5) is 0 Å². The zero-order chi connectivity index (χ0) is 14.0. The second kappa shape index (κ2) is 5.53. The molecule has 0 saturated heterocycles. The molecular weight excluding hydrogens is 308 g/mol. The van der Waals surface area contributed by atoms with Crippen LogP contribution < -0.4 is 0 Å². The summed E-state index contributed by atoms with van der Waals surface area (Å²) in [7, 11) is 1.88. The van der Waals surface area contributed by atoms with Gasteiger partial charge in [-0.3, -0.25) is 4.90 Å². The zero-order valence-electron chi connectivity index (χ0n) is 11.5. The second-order valence-corrected chi connectivity index (χ2v) is 10.7. The molecule has 1 rings (SSSR count). The molecule has 1 aromatic carbocycles. The van der Waals surface area contributed by atoms with E-state index in [2.05, 4.69) is 41.6 Å². The topological polar surface area (TPSA) is 36.3 Å². The fourth-order valence-electron chi connectivity index (χ4n) is 1.71. The highest BCUT2D eigenvalue weighted by molar-refractivity contribution is 9.10. The first-order valence-corrected chi connectivity index (χ1v) is 9.96. The highest BCUT2D eigenvalue weighted by Crippen LogP contribution is 2.31. The summed E-state index contributed by atoms with van der Waals surface area (Å²) in [6.07, 6.45) is 0. The van der Waals surface area contributed by atoms with Crippen molar-refractivity contribution >= 4 is 24.2 Å². The smallest absolute Gasteiger partial charge is 0.227 e. The molecule has 0 aromatic heterocycles. The van der Waals surface area contributed by atoms with Gasteiger partial charge < -0.3 is 4.43 Å². The summed E-state index contributed by atoms with van der Waals surface area (Å²) in [5.74, 6) is 0. The maximum atomic E-state index is 9.63. The van der Waals surface area contributed by atoms with Gasteiger partial charge in [0.05, 0.1) is 0 Å². The Bertz CT molecular complexity index is 448. The molecule has 0 aliphatic rings. The minimum Gasteiger partial charge on any atom is -0.385 e. The van der Waals surface area contributed by atoms with Gasteiger partial charge in [-0.2, -0.15) is 5.26 Å². The maximum Gasteiger partial charge on any atom is 0.227 e. The molecule has 0 radical (unpaired) electrons. The van der Waals surface area contributed by atoms with E-state index in [1.54, 1.807) is 0 Å². The Kier molecular flexibility index (Phi) is 4.73. The van der Waals surface area contributed by atoms with Crippen LogP contribution in [-0.4, -0.2) is 27.3 Å². The average Bonchev–Trinajstić information content (AvgIpc) is 2.25. The Balaban J connectivity index is 3.29. The van der Waals surface area contributed by atoms with Crippen LogP contribution in [0.25, 0.3) is 0 Å². The quantitative estimate of drug-likeness (QED) is 0.627. The molecule has 0 aliphatic heterocycles. The highest BCUT2D eigenvalue weighted by atomic mass is 79.9. The van der Waals surface area contributed by atoms with Crippen molar-refractivity contribution in [1.29, 1.82) is 5.26 Å². The van der Waals surface area contributed by atoms with Crippen molar-refractivity contribution in [2.45, 2.75) is 25.4 Å². The van der Waals surface area contributed by atoms with Gasteiger partial charge in [0.1, 0.15) is 6.07 Å². The molecule has 0 spiro atoms. The lowest BCUT2D eigenvalue weighted by Gasteiger charge is -2.38. The van der Waals surface area contributed by atoms with Crippen molar-refractivity contribution < 1.29 is 4.43 Å². The predicted octanol–water partition coefficient (Wildman–Crippen LogP) is 3.54. The van der Waals surface area contributed by atoms with Crippen LogP contribution in [0.3, 0.4) is 0 Å². The van der Waals surface area contributed by atoms with E-state index in [0.29, 0.717) is 0 Å². The number of hydrogen-bond acceptors (Lipinski definition) is 3. The van der Waals surface area contributed by atoms with Gasteiger partial charge in [0.2, 0.25) is 5.72 Å². The summed E-state index contributed by atoms with van der Waals surface area (Å²) in [6, 6.07) is 10.0. The third-order valence-electron chi connectivity index (χ3n) is 2.47. The lowest BCUT2D eigenvalue weighted by Crippen LogP contribution is -2.49. The Labute approximate surface area is 119 Å². The lowest BCUT2D eigenvalue weighted by atomic mass is 10.0. The fraction of sp³-hybridized carbons (Fsp3) is 0.462. The standard InChI is InChI=1S/C13H19BrN2OSi/c1-16(2)13(10-15,17-18(3,4)5)11-6-8-12(14)9-7-11/h6-9H,1-5H3. The van der Waals surface area contributed by atoms with Crippen molar-refractivity contribution in [1.82, 2.24) is 4.90 Å². The van der Waals surface area contributed by atoms with E-state index in [4.69, 9.17) is 4.43 Å². The van der Waals surface area contributed by atoms with Crippen molar-refractivity contribution in [3.63, 3.8) is 0 Å². The normalized spacial score (nSPS) is 15.2. The summed E-state index contributed by atoms with van der Waals surface area (Å²) >= 11 is 3.40. The number of benzene rings is 1. The maximum absolute atomic E-state index is 9.63. The first-order valence-electron chi connectivity index (χ1n) is 5.76. The number of nitrogens with zero attached hydrogens (tertiary/aromatic N) is 2. The van der Waals surface area contributed by atoms with Gasteiger partial charge in [0.15, 0.2) is 8.32 Å². The van der Waals surface area contributed by atoms with Gasteiger partial charge >= 0.3 is 0 Å². The zero-order valence-corrected chi connectivity index (χ0v) is 14.1. The van der Waals surface area contributed by atoms with Gasteiger partial charge in [-0.25, -0.2) is 0 Å². The molecule has 0 aliphatic carbocycles. The van der Waals surface area contributed by atoms with Crippen LogP contribution in [0.1, 0.15) is 5.56 Å². The van der Waals surface area contributed by atoms with Crippen molar-refractivity contribution in [2.75, 3.05) is 14.1 Å².